The number of phenols is 2. The van der Waals surface area contributed by atoms with E-state index < -0.39 is 0 Å². The zero-order chi connectivity index (χ0) is 16.2. The number of aliphatic hydroxyl groups is 1. The van der Waals surface area contributed by atoms with Gasteiger partial charge in [-0.05, 0) is 41.8 Å². The van der Waals surface area contributed by atoms with E-state index in [1.165, 1.54) is 0 Å². The molecule has 0 radical (unpaired) electrons. The van der Waals surface area contributed by atoms with Gasteiger partial charge in [-0.15, -0.1) is 0 Å². The summed E-state index contributed by atoms with van der Waals surface area (Å²) in [4.78, 5) is 0. The molecular formula is C19H20O3. The molecule has 0 aliphatic rings. The first-order chi connectivity index (χ1) is 10.5. The Kier molecular flexibility index (Phi) is 4.59. The van der Waals surface area contributed by atoms with E-state index in [-0.39, 0.29) is 22.7 Å². The lowest BCUT2D eigenvalue weighted by atomic mass is 9.73. The van der Waals surface area contributed by atoms with Crippen LogP contribution < -0.4 is 0 Å². The van der Waals surface area contributed by atoms with Crippen LogP contribution >= 0.6 is 0 Å². The zero-order valence-electron chi connectivity index (χ0n) is 12.6. The molecule has 0 saturated heterocycles. The summed E-state index contributed by atoms with van der Waals surface area (Å²) in [6, 6.07) is 14.1. The number of allylic oxidation sites excluding steroid dienone is 1. The molecule has 3 N–H and O–H groups in total. The topological polar surface area (TPSA) is 60.7 Å². The van der Waals surface area contributed by atoms with Gasteiger partial charge in [-0.3, -0.25) is 0 Å². The summed E-state index contributed by atoms with van der Waals surface area (Å²) in [5.41, 5.74) is 4.17. The summed E-state index contributed by atoms with van der Waals surface area (Å²) in [5, 5.41) is 28.6. The van der Waals surface area contributed by atoms with Crippen LogP contribution in [0.15, 0.2) is 66.6 Å². The monoisotopic (exact) mass is 296 g/mol. The molecule has 2 aromatic rings. The summed E-state index contributed by atoms with van der Waals surface area (Å²) in [6.07, 6.45) is 1.10. The third-order valence-electron chi connectivity index (χ3n) is 4.07. The lowest BCUT2D eigenvalue weighted by Crippen LogP contribution is -2.23. The Morgan fingerprint density at radius 1 is 0.955 bits per heavy atom. The van der Waals surface area contributed by atoms with Crippen molar-refractivity contribution in [2.75, 3.05) is 0 Å². The number of aliphatic hydroxyl groups excluding tert-OH is 1. The van der Waals surface area contributed by atoms with E-state index in [0.29, 0.717) is 12.8 Å². The number of aromatic hydroxyl groups is 2. The first kappa shape index (κ1) is 15.7. The van der Waals surface area contributed by atoms with Gasteiger partial charge in [0.25, 0.3) is 0 Å². The molecule has 0 unspecified atom stereocenters. The highest BCUT2D eigenvalue weighted by Gasteiger charge is 2.29. The van der Waals surface area contributed by atoms with E-state index in [4.69, 9.17) is 0 Å². The van der Waals surface area contributed by atoms with Crippen LogP contribution in [0.2, 0.25) is 0 Å². The number of phenolic OH excluding ortho intramolecular Hbond substituents is 2. The van der Waals surface area contributed by atoms with Gasteiger partial charge >= 0.3 is 0 Å². The summed E-state index contributed by atoms with van der Waals surface area (Å²) >= 11 is 0. The van der Waals surface area contributed by atoms with Gasteiger partial charge in [-0.1, -0.05) is 43.5 Å². The molecule has 0 atom stereocenters. The van der Waals surface area contributed by atoms with Gasteiger partial charge in [-0.25, -0.2) is 0 Å². The molecule has 3 nitrogen and oxygen atoms in total. The number of rotatable bonds is 5. The Morgan fingerprint density at radius 3 is 1.73 bits per heavy atom. The summed E-state index contributed by atoms with van der Waals surface area (Å²) < 4.78 is 0. The quantitative estimate of drug-likeness (QED) is 0.565. The number of hydrogen-bond acceptors (Lipinski definition) is 3. The van der Waals surface area contributed by atoms with Crippen LogP contribution in [-0.2, 0) is 5.41 Å². The van der Waals surface area contributed by atoms with E-state index in [2.05, 4.69) is 19.2 Å². The molecule has 0 aromatic heterocycles. The van der Waals surface area contributed by atoms with Crippen molar-refractivity contribution in [2.24, 2.45) is 0 Å². The van der Waals surface area contributed by atoms with Gasteiger partial charge in [0.1, 0.15) is 17.3 Å². The maximum atomic E-state index is 9.67. The van der Waals surface area contributed by atoms with Crippen LogP contribution in [0.25, 0.3) is 0 Å². The van der Waals surface area contributed by atoms with Crippen LogP contribution in [0.4, 0.5) is 0 Å². The van der Waals surface area contributed by atoms with Crippen molar-refractivity contribution >= 4 is 0 Å². The SMILES string of the molecule is C=C=C(O)CCC(C)(c1ccc(O)cc1)c1ccc(O)cc1. The molecule has 0 heterocycles. The standard InChI is InChI=1S/C19H20O3/c1-3-16(20)12-13-19(2,14-4-8-17(21)9-5-14)15-6-10-18(22)11-7-15/h4-11,20-22H,1,12-13H2,2H3. The first-order valence-corrected chi connectivity index (χ1v) is 7.12. The number of benzene rings is 2. The summed E-state index contributed by atoms with van der Waals surface area (Å²) in [5.74, 6) is 0.556. The second kappa shape index (κ2) is 6.42. The fourth-order valence-electron chi connectivity index (χ4n) is 2.57. The normalized spacial score (nSPS) is 11.0. The van der Waals surface area contributed by atoms with E-state index in [1.807, 2.05) is 24.3 Å². The molecule has 2 aromatic carbocycles. The average Bonchev–Trinajstić information content (AvgIpc) is 2.53. The lowest BCUT2D eigenvalue weighted by Gasteiger charge is -2.31. The first-order valence-electron chi connectivity index (χ1n) is 7.12. The van der Waals surface area contributed by atoms with Crippen LogP contribution in [0.1, 0.15) is 30.9 Å². The van der Waals surface area contributed by atoms with Crippen molar-refractivity contribution in [2.45, 2.75) is 25.2 Å². The largest absolute Gasteiger partial charge is 0.508 e. The molecule has 114 valence electrons. The number of hydrogen-bond donors (Lipinski definition) is 3. The second-order valence-electron chi connectivity index (χ2n) is 5.55. The fourth-order valence-corrected chi connectivity index (χ4v) is 2.57. The Morgan fingerprint density at radius 2 is 1.36 bits per heavy atom. The van der Waals surface area contributed by atoms with Crippen LogP contribution in [-0.4, -0.2) is 15.3 Å². The van der Waals surface area contributed by atoms with Crippen molar-refractivity contribution in [1.29, 1.82) is 0 Å². The van der Waals surface area contributed by atoms with Crippen molar-refractivity contribution in [1.82, 2.24) is 0 Å². The average molecular weight is 296 g/mol. The summed E-state index contributed by atoms with van der Waals surface area (Å²) in [6.45, 7) is 5.52. The molecule has 0 aliphatic carbocycles. The van der Waals surface area contributed by atoms with Crippen LogP contribution in [0.5, 0.6) is 11.5 Å². The molecule has 22 heavy (non-hydrogen) atoms. The fraction of sp³-hybridized carbons (Fsp3) is 0.211. The Bertz CT molecular complexity index is 632. The van der Waals surface area contributed by atoms with E-state index >= 15 is 0 Å². The molecule has 0 spiro atoms. The zero-order valence-corrected chi connectivity index (χ0v) is 12.6. The molecular weight excluding hydrogens is 276 g/mol. The highest BCUT2D eigenvalue weighted by molar-refractivity contribution is 5.42. The minimum Gasteiger partial charge on any atom is -0.508 e. The van der Waals surface area contributed by atoms with Gasteiger partial charge in [0.05, 0.1) is 0 Å². The molecule has 3 heteroatoms. The predicted molar refractivity (Wildman–Crippen MR) is 87.2 cm³/mol. The Balaban J connectivity index is 2.45. The summed E-state index contributed by atoms with van der Waals surface area (Å²) in [7, 11) is 0. The van der Waals surface area contributed by atoms with Gasteiger partial charge in [0, 0.05) is 11.8 Å². The van der Waals surface area contributed by atoms with E-state index in [9.17, 15) is 15.3 Å². The molecule has 0 aliphatic heterocycles. The highest BCUT2D eigenvalue weighted by atomic mass is 16.3. The van der Waals surface area contributed by atoms with E-state index in [1.54, 1.807) is 24.3 Å². The molecule has 0 saturated carbocycles. The lowest BCUT2D eigenvalue weighted by molar-refractivity contribution is 0.366. The smallest absolute Gasteiger partial charge is 0.134 e. The van der Waals surface area contributed by atoms with Crippen molar-refractivity contribution in [3.05, 3.63) is 77.7 Å². The Hall–Kier alpha value is -2.64. The van der Waals surface area contributed by atoms with Crippen LogP contribution in [0.3, 0.4) is 0 Å². The van der Waals surface area contributed by atoms with Crippen molar-refractivity contribution in [3.63, 3.8) is 0 Å². The van der Waals surface area contributed by atoms with Crippen LogP contribution in [0, 0.1) is 0 Å². The molecule has 0 bridgehead atoms. The molecule has 0 fully saturated rings. The third-order valence-corrected chi connectivity index (χ3v) is 4.07. The molecule has 2 rings (SSSR count). The van der Waals surface area contributed by atoms with Gasteiger partial charge in [-0.2, -0.15) is 0 Å². The third kappa shape index (κ3) is 3.33. The predicted octanol–water partition coefficient (Wildman–Crippen LogP) is 4.41. The van der Waals surface area contributed by atoms with Gasteiger partial charge in [0.15, 0.2) is 0 Å². The highest BCUT2D eigenvalue weighted by Crippen LogP contribution is 2.38. The maximum absolute atomic E-state index is 9.67. The molecule has 0 amide bonds. The maximum Gasteiger partial charge on any atom is 0.134 e. The Labute approximate surface area is 130 Å². The van der Waals surface area contributed by atoms with E-state index in [0.717, 1.165) is 11.1 Å². The van der Waals surface area contributed by atoms with Crippen molar-refractivity contribution in [3.8, 4) is 11.5 Å². The van der Waals surface area contributed by atoms with Gasteiger partial charge in [0.2, 0.25) is 0 Å². The van der Waals surface area contributed by atoms with Gasteiger partial charge < -0.3 is 15.3 Å². The minimum atomic E-state index is -0.369. The second-order valence-corrected chi connectivity index (χ2v) is 5.55. The minimum absolute atomic E-state index is 0.129. The van der Waals surface area contributed by atoms with Crippen molar-refractivity contribution < 1.29 is 15.3 Å².